The van der Waals surface area contributed by atoms with Crippen LogP contribution in [0.25, 0.3) is 11.5 Å². The van der Waals surface area contributed by atoms with Gasteiger partial charge < -0.3 is 9.73 Å². The van der Waals surface area contributed by atoms with E-state index < -0.39 is 0 Å². The Balaban J connectivity index is 1.78. The summed E-state index contributed by atoms with van der Waals surface area (Å²) in [6.07, 6.45) is 4.34. The van der Waals surface area contributed by atoms with Crippen LogP contribution in [0.3, 0.4) is 0 Å². The zero-order valence-electron chi connectivity index (χ0n) is 10.9. The highest BCUT2D eigenvalue weighted by Gasteiger charge is 2.20. The highest BCUT2D eigenvalue weighted by atomic mass is 16.3. The van der Waals surface area contributed by atoms with E-state index in [9.17, 15) is 0 Å². The van der Waals surface area contributed by atoms with Gasteiger partial charge in [0.15, 0.2) is 0 Å². The molecule has 1 fully saturated rings. The van der Waals surface area contributed by atoms with Crippen LogP contribution in [-0.2, 0) is 6.54 Å². The van der Waals surface area contributed by atoms with Crippen molar-refractivity contribution in [1.29, 1.82) is 0 Å². The average Bonchev–Trinajstić information content (AvgIpc) is 3.05. The maximum absolute atomic E-state index is 5.57. The normalized spacial score (nSPS) is 15.0. The van der Waals surface area contributed by atoms with Crippen molar-refractivity contribution in [3.05, 3.63) is 41.3 Å². The Morgan fingerprint density at radius 1 is 1.33 bits per heavy atom. The van der Waals surface area contributed by atoms with Crippen molar-refractivity contribution < 1.29 is 4.42 Å². The van der Waals surface area contributed by atoms with E-state index in [4.69, 9.17) is 4.42 Å². The first kappa shape index (κ1) is 11.5. The fourth-order valence-electron chi connectivity index (χ4n) is 2.10. The van der Waals surface area contributed by atoms with Gasteiger partial charge in [-0.2, -0.15) is 0 Å². The Labute approximate surface area is 107 Å². The van der Waals surface area contributed by atoms with E-state index in [2.05, 4.69) is 42.3 Å². The number of oxazole rings is 1. The molecule has 1 aliphatic carbocycles. The maximum atomic E-state index is 5.57. The fourth-order valence-corrected chi connectivity index (χ4v) is 2.10. The fraction of sp³-hybridized carbons (Fsp3) is 0.400. The van der Waals surface area contributed by atoms with Crippen molar-refractivity contribution in [2.24, 2.45) is 0 Å². The minimum Gasteiger partial charge on any atom is -0.444 e. The molecule has 0 atom stereocenters. The Hall–Kier alpha value is -1.61. The van der Waals surface area contributed by atoms with Gasteiger partial charge in [-0.05, 0) is 38.3 Å². The summed E-state index contributed by atoms with van der Waals surface area (Å²) in [4.78, 5) is 4.54. The second-order valence-electron chi connectivity index (χ2n) is 5.12. The van der Waals surface area contributed by atoms with Crippen molar-refractivity contribution >= 4 is 0 Å². The maximum Gasteiger partial charge on any atom is 0.226 e. The quantitative estimate of drug-likeness (QED) is 0.894. The molecule has 0 aliphatic heterocycles. The van der Waals surface area contributed by atoms with Crippen LogP contribution < -0.4 is 5.32 Å². The largest absolute Gasteiger partial charge is 0.444 e. The lowest BCUT2D eigenvalue weighted by Gasteiger charge is -2.02. The summed E-state index contributed by atoms with van der Waals surface area (Å²) in [6, 6.07) is 7.02. The van der Waals surface area contributed by atoms with Crippen LogP contribution >= 0.6 is 0 Å². The van der Waals surface area contributed by atoms with Crippen molar-refractivity contribution in [2.45, 2.75) is 39.3 Å². The summed E-state index contributed by atoms with van der Waals surface area (Å²) in [5, 5.41) is 3.44. The summed E-state index contributed by atoms with van der Waals surface area (Å²) in [5.41, 5.74) is 4.53. The van der Waals surface area contributed by atoms with Crippen molar-refractivity contribution in [3.8, 4) is 11.5 Å². The predicted molar refractivity (Wildman–Crippen MR) is 71.3 cm³/mol. The molecule has 0 radical (unpaired) electrons. The molecule has 1 aliphatic rings. The third-order valence-corrected chi connectivity index (χ3v) is 3.31. The number of nitrogens with zero attached hydrogens (tertiary/aromatic N) is 1. The molecular weight excluding hydrogens is 224 g/mol. The molecule has 1 heterocycles. The van der Waals surface area contributed by atoms with Gasteiger partial charge in [0.05, 0.1) is 5.69 Å². The van der Waals surface area contributed by atoms with Crippen molar-refractivity contribution in [3.63, 3.8) is 0 Å². The molecular formula is C15H18N2O. The zero-order valence-corrected chi connectivity index (χ0v) is 10.9. The van der Waals surface area contributed by atoms with Gasteiger partial charge in [-0.15, -0.1) is 0 Å². The molecule has 3 rings (SSSR count). The molecule has 0 bridgehead atoms. The predicted octanol–water partition coefficient (Wildman–Crippen LogP) is 3.21. The average molecular weight is 242 g/mol. The van der Waals surface area contributed by atoms with E-state index in [0.29, 0.717) is 6.04 Å². The third-order valence-electron chi connectivity index (χ3n) is 3.31. The highest BCUT2D eigenvalue weighted by Crippen LogP contribution is 2.24. The molecule has 1 aromatic carbocycles. The van der Waals surface area contributed by atoms with Crippen LogP contribution in [0.1, 0.15) is 29.7 Å². The molecule has 3 heteroatoms. The Bertz CT molecular complexity index is 555. The Kier molecular flexibility index (Phi) is 2.92. The first-order valence-electron chi connectivity index (χ1n) is 6.48. The minimum absolute atomic E-state index is 0.700. The molecule has 2 aromatic rings. The number of nitrogens with one attached hydrogen (secondary N) is 1. The molecule has 0 amide bonds. The number of hydrogen-bond donors (Lipinski definition) is 1. The van der Waals surface area contributed by atoms with E-state index in [1.807, 2.05) is 0 Å². The molecule has 1 aromatic heterocycles. The van der Waals surface area contributed by atoms with Gasteiger partial charge in [0.1, 0.15) is 6.26 Å². The van der Waals surface area contributed by atoms with Gasteiger partial charge in [-0.1, -0.05) is 17.7 Å². The van der Waals surface area contributed by atoms with E-state index in [1.165, 1.54) is 24.0 Å². The van der Waals surface area contributed by atoms with Crippen molar-refractivity contribution in [1.82, 2.24) is 10.3 Å². The number of hydrogen-bond acceptors (Lipinski definition) is 3. The first-order chi connectivity index (χ1) is 8.72. The number of aryl methyl sites for hydroxylation is 2. The van der Waals surface area contributed by atoms with Crippen LogP contribution in [0.2, 0.25) is 0 Å². The minimum atomic E-state index is 0.700. The van der Waals surface area contributed by atoms with Crippen LogP contribution in [0, 0.1) is 13.8 Å². The second kappa shape index (κ2) is 4.58. The summed E-state index contributed by atoms with van der Waals surface area (Å²) >= 11 is 0. The SMILES string of the molecule is Cc1ccc(-c2nc(CNC3CC3)co2)c(C)c1. The highest BCUT2D eigenvalue weighted by molar-refractivity contribution is 5.59. The van der Waals surface area contributed by atoms with Crippen LogP contribution in [0.15, 0.2) is 28.9 Å². The molecule has 18 heavy (non-hydrogen) atoms. The zero-order chi connectivity index (χ0) is 12.5. The second-order valence-corrected chi connectivity index (χ2v) is 5.12. The molecule has 1 N–H and O–H groups in total. The number of benzene rings is 1. The van der Waals surface area contributed by atoms with Gasteiger partial charge in [0, 0.05) is 18.2 Å². The first-order valence-corrected chi connectivity index (χ1v) is 6.48. The standard InChI is InChI=1S/C15H18N2O/c1-10-3-6-14(11(2)7-10)15-17-13(9-18-15)8-16-12-4-5-12/h3,6-7,9,12,16H,4-5,8H2,1-2H3. The van der Waals surface area contributed by atoms with E-state index in [1.54, 1.807) is 6.26 Å². The van der Waals surface area contributed by atoms with E-state index in [0.717, 1.165) is 23.7 Å². The Morgan fingerprint density at radius 3 is 2.89 bits per heavy atom. The number of aromatic nitrogens is 1. The summed E-state index contributed by atoms with van der Waals surface area (Å²) in [7, 11) is 0. The van der Waals surface area contributed by atoms with Crippen LogP contribution in [0.4, 0.5) is 0 Å². The Morgan fingerprint density at radius 2 is 2.17 bits per heavy atom. The summed E-state index contributed by atoms with van der Waals surface area (Å²) < 4.78 is 5.57. The van der Waals surface area contributed by atoms with Crippen molar-refractivity contribution in [2.75, 3.05) is 0 Å². The van der Waals surface area contributed by atoms with E-state index in [-0.39, 0.29) is 0 Å². The van der Waals surface area contributed by atoms with Gasteiger partial charge in [0.25, 0.3) is 0 Å². The summed E-state index contributed by atoms with van der Waals surface area (Å²) in [6.45, 7) is 4.99. The third kappa shape index (κ3) is 2.46. The van der Waals surface area contributed by atoms with Crippen LogP contribution in [0.5, 0.6) is 0 Å². The molecule has 1 saturated carbocycles. The smallest absolute Gasteiger partial charge is 0.226 e. The van der Waals surface area contributed by atoms with Gasteiger partial charge >= 0.3 is 0 Å². The van der Waals surface area contributed by atoms with Gasteiger partial charge in [-0.3, -0.25) is 0 Å². The molecule has 0 spiro atoms. The number of rotatable bonds is 4. The molecule has 0 saturated heterocycles. The van der Waals surface area contributed by atoms with Gasteiger partial charge in [0.2, 0.25) is 5.89 Å². The van der Waals surface area contributed by atoms with E-state index >= 15 is 0 Å². The topological polar surface area (TPSA) is 38.1 Å². The molecule has 94 valence electrons. The van der Waals surface area contributed by atoms with Crippen LogP contribution in [-0.4, -0.2) is 11.0 Å². The molecule has 0 unspecified atom stereocenters. The summed E-state index contributed by atoms with van der Waals surface area (Å²) in [5.74, 6) is 0.722. The lowest BCUT2D eigenvalue weighted by atomic mass is 10.1. The van der Waals surface area contributed by atoms with Gasteiger partial charge in [-0.25, -0.2) is 4.98 Å². The molecule has 3 nitrogen and oxygen atoms in total. The monoisotopic (exact) mass is 242 g/mol. The lowest BCUT2D eigenvalue weighted by Crippen LogP contribution is -2.15. The lowest BCUT2D eigenvalue weighted by molar-refractivity contribution is 0.569.